The molecule has 2 N–H and O–H groups in total. The maximum absolute atomic E-state index is 4.61. The molecule has 0 saturated heterocycles. The Balaban J connectivity index is 1.52. The molecule has 31 heavy (non-hydrogen) atoms. The second-order valence-corrected chi connectivity index (χ2v) is 7.63. The lowest BCUT2D eigenvalue weighted by Gasteiger charge is -2.03. The number of nitrogens with one attached hydrogen (secondary N) is 2. The number of H-pyrrole nitrogens is 2. The number of benzene rings is 1. The summed E-state index contributed by atoms with van der Waals surface area (Å²) < 4.78 is 2.04. The van der Waals surface area contributed by atoms with E-state index in [1.165, 1.54) is 0 Å². The SMILES string of the molecule is Cc1ncc(-c2cc3c(-c4cc5c(-c6cccnc6)cccc5[nH]4)n[nH]c3cn2)n1C. The van der Waals surface area contributed by atoms with Crippen molar-refractivity contribution < 1.29 is 0 Å². The lowest BCUT2D eigenvalue weighted by Crippen LogP contribution is -1.95. The van der Waals surface area contributed by atoms with Crippen LogP contribution in [0, 0.1) is 6.92 Å². The number of pyridine rings is 2. The van der Waals surface area contributed by atoms with Gasteiger partial charge >= 0.3 is 0 Å². The Morgan fingerprint density at radius 2 is 1.84 bits per heavy atom. The van der Waals surface area contributed by atoms with E-state index in [9.17, 15) is 0 Å². The standard InChI is InChI=1S/C24H19N7/c1-14-26-13-23(31(14)2)20-10-18-22(12-27-20)29-30-24(18)21-9-17-16(6-3-7-19(17)28-21)15-5-4-8-25-11-15/h3-13,28H,1-2H3,(H,29,30). The van der Waals surface area contributed by atoms with Gasteiger partial charge in [-0.1, -0.05) is 18.2 Å². The van der Waals surface area contributed by atoms with Crippen molar-refractivity contribution in [1.82, 2.24) is 34.7 Å². The smallest absolute Gasteiger partial charge is 0.116 e. The summed E-state index contributed by atoms with van der Waals surface area (Å²) in [5.41, 5.74) is 7.84. The van der Waals surface area contributed by atoms with E-state index < -0.39 is 0 Å². The molecule has 0 bridgehead atoms. The molecule has 0 spiro atoms. The van der Waals surface area contributed by atoms with Crippen molar-refractivity contribution in [3.8, 4) is 33.9 Å². The Labute approximate surface area is 177 Å². The third-order valence-corrected chi connectivity index (χ3v) is 5.82. The van der Waals surface area contributed by atoms with Gasteiger partial charge in [0.25, 0.3) is 0 Å². The number of imidazole rings is 1. The molecule has 0 aliphatic rings. The molecule has 7 heteroatoms. The van der Waals surface area contributed by atoms with Gasteiger partial charge in [-0.3, -0.25) is 15.1 Å². The minimum atomic E-state index is 0.866. The third kappa shape index (κ3) is 2.74. The highest BCUT2D eigenvalue weighted by molar-refractivity contribution is 6.01. The van der Waals surface area contributed by atoms with Crippen LogP contribution in [0.2, 0.25) is 0 Å². The van der Waals surface area contributed by atoms with Gasteiger partial charge in [0.2, 0.25) is 0 Å². The normalized spacial score (nSPS) is 11.5. The van der Waals surface area contributed by atoms with Gasteiger partial charge in [-0.05, 0) is 36.8 Å². The van der Waals surface area contributed by atoms with Crippen LogP contribution in [-0.4, -0.2) is 34.7 Å². The number of hydrogen-bond acceptors (Lipinski definition) is 4. The number of rotatable bonds is 3. The maximum atomic E-state index is 4.61. The largest absolute Gasteiger partial charge is 0.353 e. The van der Waals surface area contributed by atoms with Crippen LogP contribution < -0.4 is 0 Å². The molecule has 150 valence electrons. The number of fused-ring (bicyclic) bond motifs is 2. The predicted octanol–water partition coefficient (Wildman–Crippen LogP) is 4.88. The molecule has 6 aromatic rings. The number of aromatic nitrogens is 7. The quantitative estimate of drug-likeness (QED) is 0.439. The van der Waals surface area contributed by atoms with Crippen molar-refractivity contribution in [3.05, 3.63) is 73.1 Å². The second-order valence-electron chi connectivity index (χ2n) is 7.63. The van der Waals surface area contributed by atoms with E-state index in [0.29, 0.717) is 0 Å². The van der Waals surface area contributed by atoms with Crippen molar-refractivity contribution in [1.29, 1.82) is 0 Å². The molecule has 0 amide bonds. The van der Waals surface area contributed by atoms with Crippen molar-refractivity contribution >= 4 is 21.8 Å². The molecule has 0 atom stereocenters. The highest BCUT2D eigenvalue weighted by atomic mass is 15.1. The number of nitrogens with zero attached hydrogens (tertiary/aromatic N) is 5. The average molecular weight is 405 g/mol. The van der Waals surface area contributed by atoms with Crippen LogP contribution in [-0.2, 0) is 7.05 Å². The van der Waals surface area contributed by atoms with Crippen LogP contribution in [0.3, 0.4) is 0 Å². The summed E-state index contributed by atoms with van der Waals surface area (Å²) in [6.07, 6.45) is 7.36. The van der Waals surface area contributed by atoms with Gasteiger partial charge in [0.1, 0.15) is 11.5 Å². The van der Waals surface area contributed by atoms with Gasteiger partial charge < -0.3 is 9.55 Å². The molecule has 0 unspecified atom stereocenters. The first kappa shape index (κ1) is 17.6. The molecule has 5 heterocycles. The predicted molar refractivity (Wildman–Crippen MR) is 121 cm³/mol. The van der Waals surface area contributed by atoms with Crippen LogP contribution >= 0.6 is 0 Å². The lowest BCUT2D eigenvalue weighted by molar-refractivity contribution is 0.862. The first-order chi connectivity index (χ1) is 15.2. The zero-order valence-corrected chi connectivity index (χ0v) is 17.1. The van der Waals surface area contributed by atoms with E-state index in [-0.39, 0.29) is 0 Å². The van der Waals surface area contributed by atoms with E-state index in [1.807, 2.05) is 43.2 Å². The number of aryl methyl sites for hydroxylation is 1. The van der Waals surface area contributed by atoms with E-state index in [0.717, 1.165) is 61.5 Å². The highest BCUT2D eigenvalue weighted by Crippen LogP contribution is 2.34. The van der Waals surface area contributed by atoms with Crippen molar-refractivity contribution in [3.63, 3.8) is 0 Å². The Bertz CT molecular complexity index is 1550. The zero-order chi connectivity index (χ0) is 20.9. The summed E-state index contributed by atoms with van der Waals surface area (Å²) in [6, 6.07) is 14.5. The molecule has 0 aliphatic heterocycles. The van der Waals surface area contributed by atoms with Gasteiger partial charge in [-0.25, -0.2) is 4.98 Å². The Kier molecular flexibility index (Phi) is 3.76. The molecule has 1 aromatic carbocycles. The summed E-state index contributed by atoms with van der Waals surface area (Å²) in [5.74, 6) is 0.947. The molecule has 0 radical (unpaired) electrons. The van der Waals surface area contributed by atoms with E-state index in [4.69, 9.17) is 0 Å². The fourth-order valence-electron chi connectivity index (χ4n) is 4.06. The zero-order valence-electron chi connectivity index (χ0n) is 17.1. The highest BCUT2D eigenvalue weighted by Gasteiger charge is 2.16. The minimum absolute atomic E-state index is 0.866. The summed E-state index contributed by atoms with van der Waals surface area (Å²) >= 11 is 0. The van der Waals surface area contributed by atoms with Crippen LogP contribution in [0.4, 0.5) is 0 Å². The summed E-state index contributed by atoms with van der Waals surface area (Å²) in [4.78, 5) is 16.8. The summed E-state index contributed by atoms with van der Waals surface area (Å²) in [6.45, 7) is 1.98. The Morgan fingerprint density at radius 3 is 2.65 bits per heavy atom. The average Bonchev–Trinajstić information content (AvgIpc) is 3.50. The summed E-state index contributed by atoms with van der Waals surface area (Å²) in [5, 5.41) is 9.86. The van der Waals surface area contributed by atoms with Gasteiger partial charge in [-0.15, -0.1) is 0 Å². The molecule has 0 fully saturated rings. The van der Waals surface area contributed by atoms with Gasteiger partial charge in [-0.2, -0.15) is 5.10 Å². The van der Waals surface area contributed by atoms with Crippen LogP contribution in [0.25, 0.3) is 55.7 Å². The third-order valence-electron chi connectivity index (χ3n) is 5.82. The molecule has 5 aromatic heterocycles. The van der Waals surface area contributed by atoms with Crippen LogP contribution in [0.5, 0.6) is 0 Å². The van der Waals surface area contributed by atoms with Crippen LogP contribution in [0.1, 0.15) is 5.82 Å². The fraction of sp³-hybridized carbons (Fsp3) is 0.0833. The lowest BCUT2D eigenvalue weighted by atomic mass is 10.0. The molecular weight excluding hydrogens is 386 g/mol. The monoisotopic (exact) mass is 405 g/mol. The van der Waals surface area contributed by atoms with Crippen molar-refractivity contribution in [2.75, 3.05) is 0 Å². The maximum Gasteiger partial charge on any atom is 0.116 e. The number of aromatic amines is 2. The van der Waals surface area contributed by atoms with Crippen LogP contribution in [0.15, 0.2) is 67.3 Å². The summed E-state index contributed by atoms with van der Waals surface area (Å²) in [7, 11) is 2.00. The Morgan fingerprint density at radius 1 is 0.903 bits per heavy atom. The topological polar surface area (TPSA) is 88.1 Å². The fourth-order valence-corrected chi connectivity index (χ4v) is 4.06. The molecular formula is C24H19N7. The molecule has 0 saturated carbocycles. The molecule has 0 aliphatic carbocycles. The Hall–Kier alpha value is -4.26. The van der Waals surface area contributed by atoms with E-state index in [2.05, 4.69) is 66.5 Å². The first-order valence-electron chi connectivity index (χ1n) is 10.0. The molecule has 6 rings (SSSR count). The minimum Gasteiger partial charge on any atom is -0.353 e. The van der Waals surface area contributed by atoms with Crippen molar-refractivity contribution in [2.24, 2.45) is 7.05 Å². The molecule has 7 nitrogen and oxygen atoms in total. The van der Waals surface area contributed by atoms with Gasteiger partial charge in [0.05, 0.1) is 35.0 Å². The number of hydrogen-bond donors (Lipinski definition) is 2. The van der Waals surface area contributed by atoms with Crippen molar-refractivity contribution in [2.45, 2.75) is 6.92 Å². The first-order valence-corrected chi connectivity index (χ1v) is 10.0. The van der Waals surface area contributed by atoms with E-state index in [1.54, 1.807) is 6.20 Å². The second kappa shape index (κ2) is 6.63. The van der Waals surface area contributed by atoms with E-state index >= 15 is 0 Å². The van der Waals surface area contributed by atoms with Gasteiger partial charge in [0.15, 0.2) is 0 Å². The van der Waals surface area contributed by atoms with Gasteiger partial charge in [0, 0.05) is 41.3 Å².